The second-order valence-corrected chi connectivity index (χ2v) is 5.12. The fraction of sp³-hybridized carbons (Fsp3) is 0.200. The van der Waals surface area contributed by atoms with Crippen LogP contribution in [0.1, 0.15) is 19.4 Å². The van der Waals surface area contributed by atoms with Crippen LogP contribution in [0, 0.1) is 5.41 Å². The van der Waals surface area contributed by atoms with Crippen LogP contribution in [0.5, 0.6) is 0 Å². The van der Waals surface area contributed by atoms with Crippen molar-refractivity contribution in [3.05, 3.63) is 46.4 Å². The maximum atomic E-state index is 7.31. The molecule has 0 radical (unpaired) electrons. The van der Waals surface area contributed by atoms with E-state index in [0.717, 1.165) is 27.1 Å². The average Bonchev–Trinajstić information content (AvgIpc) is 2.49. The highest BCUT2D eigenvalue weighted by Crippen LogP contribution is 2.27. The molecule has 0 fully saturated rings. The molecule has 0 aliphatic rings. The number of nitrogens with zero attached hydrogens (tertiary/aromatic N) is 1. The third-order valence-electron chi connectivity index (χ3n) is 2.74. The van der Waals surface area contributed by atoms with Gasteiger partial charge in [0.25, 0.3) is 0 Å². The summed E-state index contributed by atoms with van der Waals surface area (Å²) in [4.78, 5) is 1.53. The van der Waals surface area contributed by atoms with Gasteiger partial charge in [0.05, 0.1) is 12.9 Å². The molecule has 0 saturated heterocycles. The second kappa shape index (κ2) is 7.97. The lowest BCUT2D eigenvalue weighted by Crippen LogP contribution is -2.33. The van der Waals surface area contributed by atoms with E-state index in [9.17, 15) is 0 Å². The topological polar surface area (TPSA) is 53.1 Å². The van der Waals surface area contributed by atoms with Crippen LogP contribution in [0.25, 0.3) is 10.8 Å². The molecule has 0 bridgehead atoms. The van der Waals surface area contributed by atoms with Gasteiger partial charge in [-0.15, -0.1) is 0 Å². The van der Waals surface area contributed by atoms with Gasteiger partial charge in [-0.3, -0.25) is 5.41 Å². The van der Waals surface area contributed by atoms with Crippen molar-refractivity contribution in [3.8, 4) is 0 Å². The summed E-state index contributed by atoms with van der Waals surface area (Å²) in [5, 5.41) is 9.80. The van der Waals surface area contributed by atoms with Crippen LogP contribution in [0.2, 0.25) is 0 Å². The molecule has 0 unspecified atom stereocenters. The standard InChI is InChI=1S/C13H12BrN3S.C2H6/c14-12-6-5-9(7-17(8-15)13(16)18)10-3-1-2-4-11(10)12;1-2/h1-6,8,15H,7H2,(H2,16,18);1-2H3. The first-order chi connectivity index (χ1) is 9.63. The van der Waals surface area contributed by atoms with Crippen molar-refractivity contribution in [2.24, 2.45) is 5.73 Å². The molecule has 0 atom stereocenters. The summed E-state index contributed by atoms with van der Waals surface area (Å²) < 4.78 is 1.05. The van der Waals surface area contributed by atoms with Crippen molar-refractivity contribution in [1.82, 2.24) is 4.90 Å². The number of hydrogen-bond donors (Lipinski definition) is 2. The van der Waals surface area contributed by atoms with Gasteiger partial charge in [0.15, 0.2) is 5.11 Å². The summed E-state index contributed by atoms with van der Waals surface area (Å²) in [5.74, 6) is 0. The van der Waals surface area contributed by atoms with Crippen molar-refractivity contribution >= 4 is 50.4 Å². The molecule has 2 aromatic rings. The maximum absolute atomic E-state index is 7.31. The van der Waals surface area contributed by atoms with Gasteiger partial charge in [0.1, 0.15) is 0 Å². The van der Waals surface area contributed by atoms with E-state index in [4.69, 9.17) is 23.4 Å². The highest BCUT2D eigenvalue weighted by atomic mass is 79.9. The fourth-order valence-corrected chi connectivity index (χ4v) is 2.43. The predicted molar refractivity (Wildman–Crippen MR) is 94.1 cm³/mol. The lowest BCUT2D eigenvalue weighted by molar-refractivity contribution is 0.625. The summed E-state index contributed by atoms with van der Waals surface area (Å²) >= 11 is 8.44. The SMILES string of the molecule is CC.N=CN(Cc1ccc(Br)c2ccccc12)C(N)=S. The zero-order valence-corrected chi connectivity index (χ0v) is 14.0. The molecule has 0 saturated carbocycles. The molecule has 20 heavy (non-hydrogen) atoms. The Kier molecular flexibility index (Phi) is 6.61. The molecule has 0 heterocycles. The smallest absolute Gasteiger partial charge is 0.171 e. The van der Waals surface area contributed by atoms with Crippen LogP contribution in [0.3, 0.4) is 0 Å². The van der Waals surface area contributed by atoms with Crippen LogP contribution in [0.4, 0.5) is 0 Å². The van der Waals surface area contributed by atoms with Crippen molar-refractivity contribution in [2.75, 3.05) is 0 Å². The van der Waals surface area contributed by atoms with Crippen molar-refractivity contribution in [2.45, 2.75) is 20.4 Å². The first kappa shape index (κ1) is 16.6. The Balaban J connectivity index is 0.000000956. The summed E-state index contributed by atoms with van der Waals surface area (Å²) in [6, 6.07) is 12.1. The van der Waals surface area contributed by atoms with E-state index < -0.39 is 0 Å². The van der Waals surface area contributed by atoms with Crippen LogP contribution in [-0.4, -0.2) is 16.4 Å². The van der Waals surface area contributed by atoms with E-state index in [2.05, 4.69) is 28.1 Å². The first-order valence-electron chi connectivity index (χ1n) is 6.36. The number of thiocarbonyl (C=S) groups is 1. The normalized spacial score (nSPS) is 9.55. The highest BCUT2D eigenvalue weighted by Gasteiger charge is 2.08. The number of nitrogens with one attached hydrogen (secondary N) is 1. The Labute approximate surface area is 133 Å². The van der Waals surface area contributed by atoms with E-state index in [1.807, 2.05) is 38.1 Å². The van der Waals surface area contributed by atoms with Crippen molar-refractivity contribution in [1.29, 1.82) is 5.41 Å². The molecule has 3 nitrogen and oxygen atoms in total. The number of hydrogen-bond acceptors (Lipinski definition) is 2. The molecule has 0 aromatic heterocycles. The zero-order valence-electron chi connectivity index (χ0n) is 11.6. The largest absolute Gasteiger partial charge is 0.376 e. The second-order valence-electron chi connectivity index (χ2n) is 3.85. The fourth-order valence-electron chi connectivity index (χ4n) is 1.83. The van der Waals surface area contributed by atoms with Crippen LogP contribution >= 0.6 is 28.1 Å². The molecule has 0 aliphatic carbocycles. The van der Waals surface area contributed by atoms with E-state index in [1.54, 1.807) is 0 Å². The quantitative estimate of drug-likeness (QED) is 0.492. The molecule has 0 amide bonds. The van der Waals surface area contributed by atoms with Gasteiger partial charge >= 0.3 is 0 Å². The van der Waals surface area contributed by atoms with Crippen molar-refractivity contribution in [3.63, 3.8) is 0 Å². The lowest BCUT2D eigenvalue weighted by atomic mass is 10.0. The Hall–Kier alpha value is -1.46. The molecule has 2 rings (SSSR count). The van der Waals surface area contributed by atoms with Gasteiger partial charge in [-0.1, -0.05) is 60.1 Å². The molecule has 0 spiro atoms. The number of benzene rings is 2. The van der Waals surface area contributed by atoms with Crippen molar-refractivity contribution < 1.29 is 0 Å². The van der Waals surface area contributed by atoms with Gasteiger partial charge in [-0.05, 0) is 34.6 Å². The predicted octanol–water partition coefficient (Wildman–Crippen LogP) is 4.28. The number of halogens is 1. The van der Waals surface area contributed by atoms with Crippen LogP contribution < -0.4 is 5.73 Å². The summed E-state index contributed by atoms with van der Waals surface area (Å²) in [5.41, 5.74) is 6.65. The molecule has 0 aliphatic heterocycles. The van der Waals surface area contributed by atoms with E-state index in [-0.39, 0.29) is 5.11 Å². The van der Waals surface area contributed by atoms with Crippen LogP contribution in [0.15, 0.2) is 40.9 Å². The third-order valence-corrected chi connectivity index (χ3v) is 3.67. The minimum absolute atomic E-state index is 0.206. The molecular weight excluding hydrogens is 334 g/mol. The van der Waals surface area contributed by atoms with E-state index in [1.165, 1.54) is 4.90 Å². The van der Waals surface area contributed by atoms with Gasteiger partial charge in [-0.2, -0.15) is 0 Å². The monoisotopic (exact) mass is 351 g/mol. The lowest BCUT2D eigenvalue weighted by Gasteiger charge is -2.18. The van der Waals surface area contributed by atoms with E-state index in [0.29, 0.717) is 6.54 Å². The molecular formula is C15H18BrN3S. The number of fused-ring (bicyclic) bond motifs is 1. The number of rotatable bonds is 3. The van der Waals surface area contributed by atoms with Crippen LogP contribution in [-0.2, 0) is 6.54 Å². The first-order valence-corrected chi connectivity index (χ1v) is 7.56. The van der Waals surface area contributed by atoms with E-state index >= 15 is 0 Å². The van der Waals surface area contributed by atoms with Gasteiger partial charge in [0, 0.05) is 4.47 Å². The Bertz CT molecular complexity index is 613. The van der Waals surface area contributed by atoms with Gasteiger partial charge < -0.3 is 10.6 Å². The Morgan fingerprint density at radius 1 is 1.25 bits per heavy atom. The summed E-state index contributed by atoms with van der Waals surface area (Å²) in [6.45, 7) is 4.51. The minimum atomic E-state index is 0.206. The highest BCUT2D eigenvalue weighted by molar-refractivity contribution is 9.10. The number of nitrogens with two attached hydrogens (primary N) is 1. The molecule has 3 N–H and O–H groups in total. The molecule has 106 valence electrons. The Morgan fingerprint density at radius 3 is 2.40 bits per heavy atom. The zero-order chi connectivity index (χ0) is 15.1. The summed E-state index contributed by atoms with van der Waals surface area (Å²) in [7, 11) is 0. The molecule has 2 aromatic carbocycles. The van der Waals surface area contributed by atoms with Gasteiger partial charge in [-0.25, -0.2) is 0 Å². The Morgan fingerprint density at radius 2 is 1.85 bits per heavy atom. The maximum Gasteiger partial charge on any atom is 0.171 e. The summed E-state index contributed by atoms with van der Waals surface area (Å²) in [6.07, 6.45) is 1.15. The minimum Gasteiger partial charge on any atom is -0.376 e. The average molecular weight is 352 g/mol. The molecule has 5 heteroatoms. The third kappa shape index (κ3) is 3.77. The van der Waals surface area contributed by atoms with Gasteiger partial charge in [0.2, 0.25) is 0 Å².